The molecule has 188 valence electrons. The fourth-order valence-electron chi connectivity index (χ4n) is 5.54. The number of nitrogens with two attached hydrogens (primary N) is 1. The van der Waals surface area contributed by atoms with Crippen LogP contribution >= 0.6 is 23.2 Å². The third-order valence-corrected chi connectivity index (χ3v) is 9.96. The van der Waals surface area contributed by atoms with E-state index in [0.717, 1.165) is 43.9 Å². The molecule has 1 aromatic carbocycles. The minimum atomic E-state index is -1.07. The molecule has 1 spiro atoms. The number of hydrogen-bond donors (Lipinski definition) is 2. The van der Waals surface area contributed by atoms with Crippen molar-refractivity contribution in [2.24, 2.45) is 5.41 Å². The number of halogens is 2. The first-order valence-electron chi connectivity index (χ1n) is 12.1. The smallest absolute Gasteiger partial charge is 0.213 e. The van der Waals surface area contributed by atoms with Crippen molar-refractivity contribution in [2.75, 3.05) is 23.7 Å². The van der Waals surface area contributed by atoms with Crippen LogP contribution in [0.5, 0.6) is 0 Å². The van der Waals surface area contributed by atoms with Crippen molar-refractivity contribution in [1.82, 2.24) is 19.1 Å². The van der Waals surface area contributed by atoms with E-state index in [1.807, 2.05) is 43.5 Å². The number of benzene rings is 1. The number of rotatable bonds is 4. The number of nitrogens with zero attached hydrogens (tertiary/aromatic N) is 4. The van der Waals surface area contributed by atoms with Crippen LogP contribution in [0, 0.1) is 5.41 Å². The summed E-state index contributed by atoms with van der Waals surface area (Å²) in [6, 6.07) is 5.76. The first kappa shape index (κ1) is 25.0. The Morgan fingerprint density at radius 1 is 1.20 bits per heavy atom. The standard InChI is InChI=1S/C25H32Cl2N6OS/c1-24(2,3)35(34)31-18-8-5-9-25(18)10-13-32(14-11-25)23-30-21(28)19(22-29-12-15-33(22)23)16-6-4-7-17(26)20(16)27/h4,6-7,12,15,18,31H,5,8-11,13-14,28H2,1-3H3/t18-,35?/m1/s1. The predicted molar refractivity (Wildman–Crippen MR) is 145 cm³/mol. The summed E-state index contributed by atoms with van der Waals surface area (Å²) in [5.74, 6) is 1.16. The first-order valence-corrected chi connectivity index (χ1v) is 14.0. The van der Waals surface area contributed by atoms with Crippen LogP contribution in [0.15, 0.2) is 30.6 Å². The number of aromatic nitrogens is 3. The number of imidazole rings is 1. The number of nitrogen functional groups attached to an aromatic ring is 1. The zero-order chi connectivity index (χ0) is 25.0. The van der Waals surface area contributed by atoms with Crippen LogP contribution in [-0.4, -0.2) is 42.8 Å². The van der Waals surface area contributed by atoms with Gasteiger partial charge in [0.05, 0.1) is 21.7 Å². The highest BCUT2D eigenvalue weighted by Crippen LogP contribution is 2.48. The van der Waals surface area contributed by atoms with E-state index in [4.69, 9.17) is 33.9 Å². The van der Waals surface area contributed by atoms with E-state index in [1.54, 1.807) is 12.3 Å². The maximum atomic E-state index is 12.8. The van der Waals surface area contributed by atoms with Crippen LogP contribution in [0.4, 0.5) is 11.8 Å². The number of anilines is 2. The van der Waals surface area contributed by atoms with Crippen molar-refractivity contribution in [2.45, 2.75) is 63.7 Å². The van der Waals surface area contributed by atoms with Gasteiger partial charge in [0, 0.05) is 42.4 Å². The second kappa shape index (κ2) is 9.30. The lowest BCUT2D eigenvalue weighted by molar-refractivity contribution is 0.186. The lowest BCUT2D eigenvalue weighted by Crippen LogP contribution is -2.53. The molecular formula is C25H32Cl2N6OS. The van der Waals surface area contributed by atoms with Gasteiger partial charge in [0.2, 0.25) is 5.95 Å². The van der Waals surface area contributed by atoms with Gasteiger partial charge in [0.1, 0.15) is 10.6 Å². The van der Waals surface area contributed by atoms with E-state index in [1.165, 1.54) is 12.8 Å². The topological polar surface area (TPSA) is 94.5 Å². The average Bonchev–Trinajstić information content (AvgIpc) is 3.44. The molecule has 5 rings (SSSR count). The van der Waals surface area contributed by atoms with Crippen molar-refractivity contribution < 1.29 is 4.55 Å². The minimum Gasteiger partial charge on any atom is -0.598 e. The molecule has 1 aliphatic carbocycles. The Balaban J connectivity index is 1.42. The van der Waals surface area contributed by atoms with Crippen LogP contribution in [0.25, 0.3) is 16.8 Å². The number of nitrogens with one attached hydrogen (secondary N) is 1. The largest absolute Gasteiger partial charge is 0.598 e. The zero-order valence-electron chi connectivity index (χ0n) is 20.4. The molecule has 2 atom stereocenters. The van der Waals surface area contributed by atoms with Crippen molar-refractivity contribution in [3.8, 4) is 11.1 Å². The molecule has 3 heterocycles. The summed E-state index contributed by atoms with van der Waals surface area (Å²) in [6.07, 6.45) is 9.13. The third-order valence-electron chi connectivity index (χ3n) is 7.53. The van der Waals surface area contributed by atoms with Crippen LogP contribution in [0.2, 0.25) is 10.0 Å². The summed E-state index contributed by atoms with van der Waals surface area (Å²) in [7, 11) is 0. The number of hydrogen-bond acceptors (Lipinski definition) is 6. The first-order chi connectivity index (χ1) is 16.6. The SMILES string of the molecule is CC(C)(C)[S+]([O-])N[C@@H]1CCCC12CCN(c1nc(N)c(-c3cccc(Cl)c3Cl)c3nccn13)CC2. The molecule has 1 saturated carbocycles. The molecule has 0 radical (unpaired) electrons. The Hall–Kier alpha value is -1.71. The molecular weight excluding hydrogens is 503 g/mol. The maximum absolute atomic E-state index is 12.8. The molecule has 7 nitrogen and oxygen atoms in total. The van der Waals surface area contributed by atoms with Gasteiger partial charge in [-0.15, -0.1) is 4.72 Å². The fraction of sp³-hybridized carbons (Fsp3) is 0.520. The molecule has 1 aliphatic heterocycles. The molecule has 2 fully saturated rings. The second-order valence-corrected chi connectivity index (χ2v) is 13.5. The van der Waals surface area contributed by atoms with Gasteiger partial charge in [-0.1, -0.05) is 41.8 Å². The molecule has 3 N–H and O–H groups in total. The zero-order valence-corrected chi connectivity index (χ0v) is 22.7. The number of fused-ring (bicyclic) bond motifs is 1. The van der Waals surface area contributed by atoms with Gasteiger partial charge in [-0.2, -0.15) is 4.98 Å². The average molecular weight is 536 g/mol. The van der Waals surface area contributed by atoms with Crippen molar-refractivity contribution >= 4 is 52.0 Å². The Labute approximate surface area is 219 Å². The van der Waals surface area contributed by atoms with Gasteiger partial charge in [-0.05, 0) is 57.9 Å². The van der Waals surface area contributed by atoms with Gasteiger partial charge < -0.3 is 15.2 Å². The van der Waals surface area contributed by atoms with E-state index in [9.17, 15) is 4.55 Å². The summed E-state index contributed by atoms with van der Waals surface area (Å²) >= 11 is 11.7. The van der Waals surface area contributed by atoms with Gasteiger partial charge in [-0.3, -0.25) is 4.40 Å². The van der Waals surface area contributed by atoms with Crippen LogP contribution in [-0.2, 0) is 11.4 Å². The molecule has 3 aromatic rings. The Bertz CT molecular complexity index is 1230. The van der Waals surface area contributed by atoms with E-state index < -0.39 is 11.4 Å². The number of piperidine rings is 1. The van der Waals surface area contributed by atoms with E-state index in [0.29, 0.717) is 27.1 Å². The molecule has 0 bridgehead atoms. The summed E-state index contributed by atoms with van der Waals surface area (Å²) in [5, 5.41) is 0.901. The van der Waals surface area contributed by atoms with Crippen LogP contribution in [0.3, 0.4) is 0 Å². The molecule has 2 aromatic heterocycles. The molecule has 1 saturated heterocycles. The molecule has 1 unspecified atom stereocenters. The van der Waals surface area contributed by atoms with Gasteiger partial charge in [0.25, 0.3) is 0 Å². The normalized spacial score (nSPS) is 21.2. The predicted octanol–water partition coefficient (Wildman–Crippen LogP) is 5.48. The Kier molecular flexibility index (Phi) is 6.64. The molecule has 2 aliphatic rings. The quantitative estimate of drug-likeness (QED) is 0.430. The summed E-state index contributed by atoms with van der Waals surface area (Å²) in [5.41, 5.74) is 8.78. The van der Waals surface area contributed by atoms with Crippen LogP contribution in [0.1, 0.15) is 52.9 Å². The van der Waals surface area contributed by atoms with E-state index >= 15 is 0 Å². The van der Waals surface area contributed by atoms with Gasteiger partial charge in [-0.25, -0.2) is 4.98 Å². The van der Waals surface area contributed by atoms with Crippen molar-refractivity contribution in [3.05, 3.63) is 40.6 Å². The lowest BCUT2D eigenvalue weighted by atomic mass is 9.74. The van der Waals surface area contributed by atoms with E-state index in [-0.39, 0.29) is 16.2 Å². The summed E-state index contributed by atoms with van der Waals surface area (Å²) < 4.78 is 18.0. The van der Waals surface area contributed by atoms with Crippen LogP contribution < -0.4 is 15.4 Å². The maximum Gasteiger partial charge on any atom is 0.213 e. The van der Waals surface area contributed by atoms with Gasteiger partial charge >= 0.3 is 0 Å². The van der Waals surface area contributed by atoms with Crippen molar-refractivity contribution in [1.29, 1.82) is 0 Å². The third kappa shape index (κ3) is 4.48. The highest BCUT2D eigenvalue weighted by Gasteiger charge is 2.48. The van der Waals surface area contributed by atoms with E-state index in [2.05, 4.69) is 14.6 Å². The Morgan fingerprint density at radius 2 is 1.94 bits per heavy atom. The highest BCUT2D eigenvalue weighted by atomic mass is 35.5. The fourth-order valence-corrected chi connectivity index (χ4v) is 6.91. The Morgan fingerprint density at radius 3 is 2.66 bits per heavy atom. The summed E-state index contributed by atoms with van der Waals surface area (Å²) in [6.45, 7) is 7.78. The van der Waals surface area contributed by atoms with Crippen molar-refractivity contribution in [3.63, 3.8) is 0 Å². The lowest BCUT2D eigenvalue weighted by Gasteiger charge is -2.44. The molecule has 0 amide bonds. The summed E-state index contributed by atoms with van der Waals surface area (Å²) in [4.78, 5) is 11.7. The minimum absolute atomic E-state index is 0.172. The monoisotopic (exact) mass is 534 g/mol. The molecule has 10 heteroatoms. The second-order valence-electron chi connectivity index (χ2n) is 10.7. The molecule has 35 heavy (non-hydrogen) atoms. The van der Waals surface area contributed by atoms with Gasteiger partial charge in [0.15, 0.2) is 5.65 Å². The highest BCUT2D eigenvalue weighted by molar-refractivity contribution is 7.90.